The Bertz CT molecular complexity index is 641. The van der Waals surface area contributed by atoms with E-state index in [0.29, 0.717) is 18.1 Å². The van der Waals surface area contributed by atoms with Gasteiger partial charge in [-0.1, -0.05) is 0 Å². The third kappa shape index (κ3) is 5.50. The number of carbonyl (C=O) groups is 3. The molecular weight excluding hydrogens is 344 g/mol. The summed E-state index contributed by atoms with van der Waals surface area (Å²) < 4.78 is 0. The van der Waals surface area contributed by atoms with Crippen LogP contribution < -0.4 is 10.6 Å². The van der Waals surface area contributed by atoms with Crippen molar-refractivity contribution in [3.05, 3.63) is 10.6 Å². The lowest BCUT2D eigenvalue weighted by Gasteiger charge is -2.31. The van der Waals surface area contributed by atoms with Gasteiger partial charge < -0.3 is 15.7 Å². The highest BCUT2D eigenvalue weighted by Gasteiger charge is 2.28. The molecule has 3 N–H and O–H groups in total. The van der Waals surface area contributed by atoms with Crippen molar-refractivity contribution in [2.45, 2.75) is 39.7 Å². The number of likely N-dealkylation sites (tertiary alicyclic amines) is 1. The number of nitrogens with zero attached hydrogens (tertiary/aromatic N) is 2. The highest BCUT2D eigenvalue weighted by Crippen LogP contribution is 2.21. The first-order valence-electron chi connectivity index (χ1n) is 8.25. The minimum absolute atomic E-state index is 0.159. The van der Waals surface area contributed by atoms with Crippen LogP contribution in [0.4, 0.5) is 5.13 Å². The van der Waals surface area contributed by atoms with E-state index >= 15 is 0 Å². The van der Waals surface area contributed by atoms with E-state index in [9.17, 15) is 14.4 Å². The normalized spacial score (nSPS) is 19.2. The Kier molecular flexibility index (Phi) is 6.49. The number of carboxylic acid groups (broad SMARTS) is 1. The lowest BCUT2D eigenvalue weighted by molar-refractivity contribution is -0.142. The molecule has 1 aliphatic rings. The van der Waals surface area contributed by atoms with Crippen molar-refractivity contribution in [3.8, 4) is 0 Å². The van der Waals surface area contributed by atoms with Crippen LogP contribution in [0.2, 0.25) is 0 Å². The minimum Gasteiger partial charge on any atom is -0.480 e. The number of aryl methyl sites for hydroxylation is 2. The van der Waals surface area contributed by atoms with Gasteiger partial charge >= 0.3 is 5.97 Å². The Balaban J connectivity index is 1.84. The van der Waals surface area contributed by atoms with Crippen molar-refractivity contribution in [1.29, 1.82) is 0 Å². The van der Waals surface area contributed by atoms with Crippen LogP contribution in [0.5, 0.6) is 0 Å². The number of amides is 2. The highest BCUT2D eigenvalue weighted by atomic mass is 32.1. The molecular formula is C16H24N4O4S. The van der Waals surface area contributed by atoms with E-state index in [4.69, 9.17) is 5.11 Å². The van der Waals surface area contributed by atoms with E-state index in [2.05, 4.69) is 15.6 Å². The maximum Gasteiger partial charge on any atom is 0.325 e. The summed E-state index contributed by atoms with van der Waals surface area (Å²) in [5, 5.41) is 14.8. The third-order valence-electron chi connectivity index (χ3n) is 4.25. The fraction of sp³-hybridized carbons (Fsp3) is 0.625. The molecule has 2 amide bonds. The summed E-state index contributed by atoms with van der Waals surface area (Å²) in [6, 6.07) is -0.914. The molecule has 0 spiro atoms. The summed E-state index contributed by atoms with van der Waals surface area (Å²) in [4.78, 5) is 42.5. The zero-order valence-corrected chi connectivity index (χ0v) is 15.5. The summed E-state index contributed by atoms with van der Waals surface area (Å²) in [5.41, 5.74) is 0.905. The molecule has 1 fully saturated rings. The van der Waals surface area contributed by atoms with E-state index in [1.807, 2.05) is 18.7 Å². The van der Waals surface area contributed by atoms with Crippen molar-refractivity contribution < 1.29 is 19.5 Å². The lowest BCUT2D eigenvalue weighted by atomic mass is 9.97. The first-order valence-corrected chi connectivity index (χ1v) is 9.07. The number of anilines is 1. The number of carboxylic acids is 1. The predicted octanol–water partition coefficient (Wildman–Crippen LogP) is 1.000. The van der Waals surface area contributed by atoms with Crippen LogP contribution in [0, 0.1) is 19.8 Å². The van der Waals surface area contributed by atoms with Crippen LogP contribution in [-0.4, -0.2) is 58.5 Å². The fourth-order valence-electron chi connectivity index (χ4n) is 2.69. The average molecular weight is 368 g/mol. The molecule has 2 heterocycles. The number of piperidine rings is 1. The first-order chi connectivity index (χ1) is 11.8. The quantitative estimate of drug-likeness (QED) is 0.691. The largest absolute Gasteiger partial charge is 0.480 e. The molecule has 138 valence electrons. The van der Waals surface area contributed by atoms with Gasteiger partial charge in [0.15, 0.2) is 5.13 Å². The number of aromatic nitrogens is 1. The summed E-state index contributed by atoms with van der Waals surface area (Å²) >= 11 is 1.44. The number of thiazole rings is 1. The second-order valence-corrected chi connectivity index (χ2v) is 7.55. The van der Waals surface area contributed by atoms with Gasteiger partial charge in [0.1, 0.15) is 6.04 Å². The van der Waals surface area contributed by atoms with Crippen molar-refractivity contribution in [3.63, 3.8) is 0 Å². The number of hydrogen-bond donors (Lipinski definition) is 3. The zero-order chi connectivity index (χ0) is 18.6. The van der Waals surface area contributed by atoms with Gasteiger partial charge in [0.05, 0.1) is 18.2 Å². The molecule has 2 unspecified atom stereocenters. The van der Waals surface area contributed by atoms with Crippen LogP contribution in [-0.2, 0) is 14.4 Å². The Morgan fingerprint density at radius 2 is 2.12 bits per heavy atom. The maximum atomic E-state index is 12.2. The summed E-state index contributed by atoms with van der Waals surface area (Å²) in [6.45, 7) is 6.66. The van der Waals surface area contributed by atoms with Gasteiger partial charge in [-0.25, -0.2) is 4.98 Å². The molecule has 1 aromatic heterocycles. The van der Waals surface area contributed by atoms with Gasteiger partial charge in [-0.15, -0.1) is 11.3 Å². The Hall–Kier alpha value is -2.00. The molecule has 2 rings (SSSR count). The van der Waals surface area contributed by atoms with Crippen LogP contribution >= 0.6 is 11.3 Å². The minimum atomic E-state index is -1.06. The van der Waals surface area contributed by atoms with Gasteiger partial charge in [0, 0.05) is 11.4 Å². The van der Waals surface area contributed by atoms with Crippen LogP contribution in [0.1, 0.15) is 30.3 Å². The van der Waals surface area contributed by atoms with Gasteiger partial charge in [-0.2, -0.15) is 0 Å². The van der Waals surface area contributed by atoms with Crippen molar-refractivity contribution in [2.24, 2.45) is 5.92 Å². The number of carbonyl (C=O) groups excluding carboxylic acids is 2. The molecule has 9 heteroatoms. The number of nitrogens with one attached hydrogen (secondary N) is 2. The number of rotatable bonds is 6. The molecule has 1 saturated heterocycles. The van der Waals surface area contributed by atoms with E-state index < -0.39 is 12.0 Å². The topological polar surface area (TPSA) is 112 Å². The van der Waals surface area contributed by atoms with Crippen molar-refractivity contribution in [1.82, 2.24) is 15.2 Å². The summed E-state index contributed by atoms with van der Waals surface area (Å²) in [7, 11) is 0. The summed E-state index contributed by atoms with van der Waals surface area (Å²) in [5.74, 6) is -1.79. The second kappa shape index (κ2) is 8.39. The highest BCUT2D eigenvalue weighted by molar-refractivity contribution is 7.15. The predicted molar refractivity (Wildman–Crippen MR) is 94.6 cm³/mol. The van der Waals surface area contributed by atoms with Crippen molar-refractivity contribution in [2.75, 3.05) is 25.0 Å². The molecule has 8 nitrogen and oxygen atoms in total. The van der Waals surface area contributed by atoms with Gasteiger partial charge in [-0.05, 0) is 40.2 Å². The van der Waals surface area contributed by atoms with E-state index in [1.54, 1.807) is 0 Å². The van der Waals surface area contributed by atoms with Gasteiger partial charge in [0.2, 0.25) is 11.8 Å². The molecule has 25 heavy (non-hydrogen) atoms. The zero-order valence-electron chi connectivity index (χ0n) is 14.7. The maximum absolute atomic E-state index is 12.2. The SMILES string of the molecule is Cc1nc(NC(=O)CN2CCCC(C(=O)NC(C)C(=O)O)C2)sc1C. The fourth-order valence-corrected chi connectivity index (χ4v) is 3.53. The molecule has 1 aromatic rings. The standard InChI is InChI=1S/C16H24N4O4S/c1-9-11(3)25-16(18-9)19-13(21)8-20-6-4-5-12(7-20)14(22)17-10(2)15(23)24/h10,12H,4-8H2,1-3H3,(H,17,22)(H,23,24)(H,18,19,21). The Morgan fingerprint density at radius 3 is 2.72 bits per heavy atom. The third-order valence-corrected chi connectivity index (χ3v) is 5.24. The Labute approximate surface area is 150 Å². The number of hydrogen-bond acceptors (Lipinski definition) is 6. The molecule has 2 atom stereocenters. The average Bonchev–Trinajstić information content (AvgIpc) is 2.84. The van der Waals surface area contributed by atoms with E-state index in [0.717, 1.165) is 23.5 Å². The molecule has 0 radical (unpaired) electrons. The molecule has 0 bridgehead atoms. The van der Waals surface area contributed by atoms with Crippen LogP contribution in [0.25, 0.3) is 0 Å². The lowest BCUT2D eigenvalue weighted by Crippen LogP contribution is -2.48. The van der Waals surface area contributed by atoms with Gasteiger partial charge in [0.25, 0.3) is 0 Å². The van der Waals surface area contributed by atoms with Crippen LogP contribution in [0.15, 0.2) is 0 Å². The van der Waals surface area contributed by atoms with Crippen LogP contribution in [0.3, 0.4) is 0 Å². The molecule has 0 aliphatic carbocycles. The summed E-state index contributed by atoms with van der Waals surface area (Å²) in [6.07, 6.45) is 1.49. The monoisotopic (exact) mass is 368 g/mol. The molecule has 1 aliphatic heterocycles. The van der Waals surface area contributed by atoms with Gasteiger partial charge in [-0.3, -0.25) is 19.3 Å². The van der Waals surface area contributed by atoms with E-state index in [-0.39, 0.29) is 24.3 Å². The first kappa shape index (κ1) is 19.3. The molecule has 0 saturated carbocycles. The molecule has 0 aromatic carbocycles. The van der Waals surface area contributed by atoms with E-state index in [1.165, 1.54) is 18.3 Å². The smallest absolute Gasteiger partial charge is 0.325 e. The number of aliphatic carboxylic acids is 1. The van der Waals surface area contributed by atoms with Crippen molar-refractivity contribution >= 4 is 34.3 Å². The Morgan fingerprint density at radius 1 is 1.40 bits per heavy atom. The second-order valence-electron chi connectivity index (χ2n) is 6.35.